The fourth-order valence-electron chi connectivity index (χ4n) is 3.56. The summed E-state index contributed by atoms with van der Waals surface area (Å²) in [4.78, 5) is 21.8. The number of anilines is 2. The lowest BCUT2D eigenvalue weighted by atomic mass is 10.2. The van der Waals surface area contributed by atoms with Crippen LogP contribution in [0.4, 0.5) is 11.5 Å². The van der Waals surface area contributed by atoms with Crippen LogP contribution in [-0.2, 0) is 10.0 Å². The molecule has 2 N–H and O–H groups in total. The van der Waals surface area contributed by atoms with Crippen LogP contribution in [0.3, 0.4) is 0 Å². The number of pyridine rings is 1. The largest absolute Gasteiger partial charge is 0.494 e. The lowest BCUT2D eigenvalue weighted by Gasteiger charge is -2.09. The van der Waals surface area contributed by atoms with Gasteiger partial charge < -0.3 is 10.1 Å². The third kappa shape index (κ3) is 5.42. The Kier molecular flexibility index (Phi) is 6.80. The van der Waals surface area contributed by atoms with Crippen LogP contribution in [0, 0.1) is 0 Å². The van der Waals surface area contributed by atoms with Gasteiger partial charge in [-0.3, -0.25) is 9.52 Å². The van der Waals surface area contributed by atoms with Gasteiger partial charge in [0.15, 0.2) is 0 Å². The van der Waals surface area contributed by atoms with Gasteiger partial charge in [0.05, 0.1) is 19.0 Å². The molecule has 2 aromatic carbocycles. The summed E-state index contributed by atoms with van der Waals surface area (Å²) in [7, 11) is -3.84. The second-order valence-corrected chi connectivity index (χ2v) is 10.7. The van der Waals surface area contributed by atoms with Crippen LogP contribution in [0.5, 0.6) is 5.75 Å². The summed E-state index contributed by atoms with van der Waals surface area (Å²) in [5.74, 6) is 0.809. The maximum absolute atomic E-state index is 12.9. The van der Waals surface area contributed by atoms with E-state index in [9.17, 15) is 13.2 Å². The Labute approximate surface area is 217 Å². The second kappa shape index (κ2) is 10.3. The number of amides is 1. The van der Waals surface area contributed by atoms with Crippen LogP contribution < -0.4 is 19.3 Å². The predicted octanol–water partition coefficient (Wildman–Crippen LogP) is 4.42. The molecule has 186 valence electrons. The van der Waals surface area contributed by atoms with E-state index in [1.807, 2.05) is 19.1 Å². The molecular formula is C26H22N5O4S2+. The van der Waals surface area contributed by atoms with Crippen molar-refractivity contribution < 1.29 is 22.5 Å². The number of hydrogen-bond donors (Lipinski definition) is 2. The molecule has 5 aromatic rings. The van der Waals surface area contributed by atoms with E-state index in [1.54, 1.807) is 76.9 Å². The Morgan fingerprint density at radius 1 is 0.946 bits per heavy atom. The number of para-hydroxylation sites is 2. The maximum Gasteiger partial charge on any atom is 0.372 e. The molecule has 5 rings (SSSR count). The first-order valence-corrected chi connectivity index (χ1v) is 13.7. The molecule has 0 saturated heterocycles. The number of nitrogens with zero attached hydrogens (tertiary/aromatic N) is 3. The highest BCUT2D eigenvalue weighted by Gasteiger charge is 2.25. The zero-order valence-corrected chi connectivity index (χ0v) is 21.3. The van der Waals surface area contributed by atoms with E-state index in [0.29, 0.717) is 40.5 Å². The molecule has 0 atom stereocenters. The summed E-state index contributed by atoms with van der Waals surface area (Å²) in [6.07, 6.45) is 3.35. The Balaban J connectivity index is 1.43. The Bertz CT molecular complexity index is 1650. The van der Waals surface area contributed by atoms with Crippen molar-refractivity contribution in [3.05, 3.63) is 96.1 Å². The highest BCUT2D eigenvalue weighted by Crippen LogP contribution is 2.23. The van der Waals surface area contributed by atoms with Crippen molar-refractivity contribution in [1.29, 1.82) is 0 Å². The van der Waals surface area contributed by atoms with Crippen LogP contribution in [0.25, 0.3) is 16.9 Å². The molecule has 0 aliphatic carbocycles. The van der Waals surface area contributed by atoms with Gasteiger partial charge in [0.25, 0.3) is 15.9 Å². The number of fused-ring (bicyclic) bond motifs is 1. The quantitative estimate of drug-likeness (QED) is 0.286. The molecule has 3 heterocycles. The van der Waals surface area contributed by atoms with Gasteiger partial charge in [-0.25, -0.2) is 13.4 Å². The van der Waals surface area contributed by atoms with Gasteiger partial charge in [-0.2, -0.15) is 4.57 Å². The summed E-state index contributed by atoms with van der Waals surface area (Å²) in [6, 6.07) is 20.7. The number of ether oxygens (including phenoxy) is 1. The number of hydrogen-bond acceptors (Lipinski definition) is 7. The van der Waals surface area contributed by atoms with Crippen molar-refractivity contribution in [2.45, 2.75) is 11.1 Å². The highest BCUT2D eigenvalue weighted by atomic mass is 32.2. The van der Waals surface area contributed by atoms with Crippen LogP contribution in [0.2, 0.25) is 0 Å². The van der Waals surface area contributed by atoms with Crippen molar-refractivity contribution in [2.24, 2.45) is 0 Å². The minimum atomic E-state index is -3.84. The molecular weight excluding hydrogens is 510 g/mol. The second-order valence-electron chi connectivity index (χ2n) is 7.83. The fraction of sp³-hybridized carbons (Fsp3) is 0.0769. The van der Waals surface area contributed by atoms with E-state index in [1.165, 1.54) is 6.07 Å². The number of carbonyl (C=O) groups is 1. The smallest absolute Gasteiger partial charge is 0.372 e. The van der Waals surface area contributed by atoms with Gasteiger partial charge in [-0.05, 0) is 59.8 Å². The van der Waals surface area contributed by atoms with Crippen LogP contribution >= 0.6 is 11.3 Å². The van der Waals surface area contributed by atoms with Gasteiger partial charge in [-0.15, -0.1) is 11.3 Å². The molecule has 0 aliphatic rings. The molecule has 0 radical (unpaired) electrons. The molecule has 9 nitrogen and oxygen atoms in total. The number of aromatic nitrogens is 3. The first-order chi connectivity index (χ1) is 17.9. The first-order valence-electron chi connectivity index (χ1n) is 11.3. The average molecular weight is 533 g/mol. The number of rotatable bonds is 8. The van der Waals surface area contributed by atoms with Crippen molar-refractivity contribution in [2.75, 3.05) is 16.6 Å². The summed E-state index contributed by atoms with van der Waals surface area (Å²) in [6.45, 7) is 2.45. The lowest BCUT2D eigenvalue weighted by Crippen LogP contribution is -2.33. The summed E-state index contributed by atoms with van der Waals surface area (Å²) < 4.78 is 35.6. The molecule has 0 aliphatic heterocycles. The molecule has 0 spiro atoms. The number of carbonyl (C=O) groups excluding carboxylic acids is 1. The SMILES string of the molecule is CCOc1ccc(C(=O)Nc2cc[n+](-c3nc4ccccc4nc3NS(=O)(=O)c3cccs3)cc2)cc1. The summed E-state index contributed by atoms with van der Waals surface area (Å²) in [5.41, 5.74) is 2.21. The van der Waals surface area contributed by atoms with E-state index in [-0.39, 0.29) is 15.9 Å². The van der Waals surface area contributed by atoms with Gasteiger partial charge >= 0.3 is 5.82 Å². The monoisotopic (exact) mass is 532 g/mol. The van der Waals surface area contributed by atoms with E-state index in [0.717, 1.165) is 11.3 Å². The molecule has 1 amide bonds. The summed E-state index contributed by atoms with van der Waals surface area (Å²) in [5, 5.41) is 4.54. The first kappa shape index (κ1) is 24.3. The molecule has 0 unspecified atom stereocenters. The Morgan fingerprint density at radius 2 is 1.65 bits per heavy atom. The third-order valence-corrected chi connectivity index (χ3v) is 8.04. The molecule has 3 aromatic heterocycles. The topological polar surface area (TPSA) is 114 Å². The van der Waals surface area contributed by atoms with Gasteiger partial charge in [-0.1, -0.05) is 18.2 Å². The molecule has 11 heteroatoms. The van der Waals surface area contributed by atoms with Gasteiger partial charge in [0.1, 0.15) is 15.5 Å². The highest BCUT2D eigenvalue weighted by molar-refractivity contribution is 7.94. The normalized spacial score (nSPS) is 11.3. The predicted molar refractivity (Wildman–Crippen MR) is 142 cm³/mol. The average Bonchev–Trinajstić information content (AvgIpc) is 3.46. The maximum atomic E-state index is 12.9. The van der Waals surface area contributed by atoms with Crippen molar-refractivity contribution >= 4 is 49.8 Å². The van der Waals surface area contributed by atoms with Crippen molar-refractivity contribution in [1.82, 2.24) is 9.97 Å². The molecule has 0 saturated carbocycles. The Hall–Kier alpha value is -4.35. The standard InChI is InChI=1S/C26H21N5O4S2/c1-2-35-20-11-9-18(10-12-20)26(32)27-19-13-15-31(16-14-19)25-24(28-21-6-3-4-7-22(21)29-25)30-37(33,34)23-8-5-17-36-23/h3-17H,2H2,1H3,(H,28,30)/p+1. The minimum Gasteiger partial charge on any atom is -0.494 e. The lowest BCUT2D eigenvalue weighted by molar-refractivity contribution is -0.598. The van der Waals surface area contributed by atoms with Crippen LogP contribution in [0.1, 0.15) is 17.3 Å². The van der Waals surface area contributed by atoms with E-state index in [2.05, 4.69) is 20.0 Å². The number of nitrogens with one attached hydrogen (secondary N) is 2. The van der Waals surface area contributed by atoms with E-state index in [4.69, 9.17) is 4.74 Å². The summed E-state index contributed by atoms with van der Waals surface area (Å²) >= 11 is 1.11. The molecule has 37 heavy (non-hydrogen) atoms. The van der Waals surface area contributed by atoms with Crippen molar-refractivity contribution in [3.8, 4) is 11.6 Å². The van der Waals surface area contributed by atoms with Gasteiger partial charge in [0, 0.05) is 23.4 Å². The van der Waals surface area contributed by atoms with Gasteiger partial charge in [0.2, 0.25) is 11.3 Å². The third-order valence-electron chi connectivity index (χ3n) is 5.30. The fourth-order valence-corrected chi connectivity index (χ4v) is 5.55. The zero-order valence-electron chi connectivity index (χ0n) is 19.7. The van der Waals surface area contributed by atoms with Crippen LogP contribution in [-0.4, -0.2) is 30.9 Å². The molecule has 0 bridgehead atoms. The van der Waals surface area contributed by atoms with E-state index < -0.39 is 10.0 Å². The molecule has 0 fully saturated rings. The van der Waals surface area contributed by atoms with Crippen molar-refractivity contribution in [3.63, 3.8) is 0 Å². The van der Waals surface area contributed by atoms with Crippen LogP contribution in [0.15, 0.2) is 94.8 Å². The van der Waals surface area contributed by atoms with E-state index >= 15 is 0 Å². The number of thiophene rings is 1. The number of benzene rings is 2. The Morgan fingerprint density at radius 3 is 2.30 bits per heavy atom. The number of sulfonamides is 1. The zero-order chi connectivity index (χ0) is 25.8. The minimum absolute atomic E-state index is 0.0864.